The van der Waals surface area contributed by atoms with Gasteiger partial charge in [-0.05, 0) is 11.8 Å². The minimum absolute atomic E-state index is 0.0560. The molecule has 1 heterocycles. The van der Waals surface area contributed by atoms with Crippen molar-refractivity contribution in [2.45, 2.75) is 40.7 Å². The molecule has 4 heteroatoms. The third-order valence-corrected chi connectivity index (χ3v) is 2.12. The topological polar surface area (TPSA) is 46.9 Å². The fourth-order valence-corrected chi connectivity index (χ4v) is 1.49. The normalized spacial score (nSPS) is 11.1. The number of hydrogen-bond donors (Lipinski definition) is 1. The van der Waals surface area contributed by atoms with E-state index in [-0.39, 0.29) is 5.91 Å². The number of nitrogens with one attached hydrogen (secondary N) is 1. The van der Waals surface area contributed by atoms with Crippen molar-refractivity contribution in [3.05, 3.63) is 12.3 Å². The molecule has 0 fully saturated rings. The van der Waals surface area contributed by atoms with E-state index in [0.717, 1.165) is 12.4 Å². The quantitative estimate of drug-likeness (QED) is 0.833. The van der Waals surface area contributed by atoms with Gasteiger partial charge in [0.2, 0.25) is 5.91 Å². The van der Waals surface area contributed by atoms with E-state index in [1.54, 1.807) is 6.20 Å². The predicted molar refractivity (Wildman–Crippen MR) is 65.1 cm³/mol. The summed E-state index contributed by atoms with van der Waals surface area (Å²) in [6.07, 6.45) is 2.26. The fourth-order valence-electron chi connectivity index (χ4n) is 1.49. The molecule has 1 rings (SSSR count). The zero-order valence-electron chi connectivity index (χ0n) is 10.5. The van der Waals surface area contributed by atoms with E-state index in [4.69, 9.17) is 0 Å². The van der Waals surface area contributed by atoms with Crippen LogP contribution in [-0.4, -0.2) is 15.7 Å². The van der Waals surface area contributed by atoms with Crippen LogP contribution >= 0.6 is 0 Å². The molecule has 1 N–H and O–H groups in total. The number of aromatic nitrogens is 2. The van der Waals surface area contributed by atoms with Gasteiger partial charge in [-0.2, -0.15) is 5.10 Å². The van der Waals surface area contributed by atoms with E-state index in [1.807, 2.05) is 24.6 Å². The number of carbonyl (C=O) groups is 1. The van der Waals surface area contributed by atoms with Crippen molar-refractivity contribution in [3.8, 4) is 0 Å². The molecule has 0 aliphatic carbocycles. The third kappa shape index (κ3) is 4.04. The Labute approximate surface area is 97.0 Å². The van der Waals surface area contributed by atoms with Crippen molar-refractivity contribution in [2.75, 3.05) is 5.32 Å². The Kier molecular flexibility index (Phi) is 4.52. The van der Waals surface area contributed by atoms with E-state index in [0.29, 0.717) is 18.3 Å². The number of anilines is 1. The number of hydrogen-bond acceptors (Lipinski definition) is 2. The van der Waals surface area contributed by atoms with Gasteiger partial charge < -0.3 is 5.32 Å². The van der Waals surface area contributed by atoms with Gasteiger partial charge in [-0.25, -0.2) is 4.68 Å². The standard InChI is InChI=1S/C12H21N3O/c1-9(2)7-12(16)14-11-5-6-13-15(11)8-10(3)4/h5-6,9-10H,7-8H2,1-4H3,(H,14,16). The molecule has 0 aliphatic rings. The fraction of sp³-hybridized carbons (Fsp3) is 0.667. The first kappa shape index (κ1) is 12.7. The van der Waals surface area contributed by atoms with Crippen LogP contribution in [0.2, 0.25) is 0 Å². The van der Waals surface area contributed by atoms with Gasteiger partial charge >= 0.3 is 0 Å². The predicted octanol–water partition coefficient (Wildman–Crippen LogP) is 2.52. The van der Waals surface area contributed by atoms with Crippen LogP contribution in [0.5, 0.6) is 0 Å². The molecule has 1 aromatic heterocycles. The lowest BCUT2D eigenvalue weighted by molar-refractivity contribution is -0.116. The van der Waals surface area contributed by atoms with Gasteiger partial charge in [-0.15, -0.1) is 0 Å². The highest BCUT2D eigenvalue weighted by molar-refractivity contribution is 5.89. The van der Waals surface area contributed by atoms with Crippen LogP contribution < -0.4 is 5.32 Å². The second-order valence-electron chi connectivity index (χ2n) is 4.94. The molecule has 0 aromatic carbocycles. The van der Waals surface area contributed by atoms with Crippen LogP contribution in [0.1, 0.15) is 34.1 Å². The van der Waals surface area contributed by atoms with Crippen LogP contribution in [0.25, 0.3) is 0 Å². The largest absolute Gasteiger partial charge is 0.311 e. The number of amides is 1. The van der Waals surface area contributed by atoms with Crippen molar-refractivity contribution >= 4 is 11.7 Å². The molecular formula is C12H21N3O. The highest BCUT2D eigenvalue weighted by Crippen LogP contribution is 2.10. The first-order chi connectivity index (χ1) is 7.49. The lowest BCUT2D eigenvalue weighted by Crippen LogP contribution is -2.18. The summed E-state index contributed by atoms with van der Waals surface area (Å²) in [4.78, 5) is 11.6. The zero-order valence-corrected chi connectivity index (χ0v) is 10.5. The summed E-state index contributed by atoms with van der Waals surface area (Å²) < 4.78 is 1.84. The molecule has 0 bridgehead atoms. The second-order valence-corrected chi connectivity index (χ2v) is 4.94. The molecule has 0 saturated heterocycles. The summed E-state index contributed by atoms with van der Waals surface area (Å²) in [7, 11) is 0. The summed E-state index contributed by atoms with van der Waals surface area (Å²) in [6.45, 7) is 9.14. The average molecular weight is 223 g/mol. The Morgan fingerprint density at radius 3 is 2.62 bits per heavy atom. The van der Waals surface area contributed by atoms with Gasteiger partial charge in [-0.1, -0.05) is 27.7 Å². The average Bonchev–Trinajstić information content (AvgIpc) is 2.50. The van der Waals surface area contributed by atoms with Crippen LogP contribution in [0.15, 0.2) is 12.3 Å². The van der Waals surface area contributed by atoms with Gasteiger partial charge in [0.15, 0.2) is 0 Å². The Hall–Kier alpha value is -1.32. The molecule has 0 atom stereocenters. The maximum absolute atomic E-state index is 11.6. The van der Waals surface area contributed by atoms with Crippen molar-refractivity contribution in [1.29, 1.82) is 0 Å². The highest BCUT2D eigenvalue weighted by Gasteiger charge is 2.09. The van der Waals surface area contributed by atoms with E-state index >= 15 is 0 Å². The second kappa shape index (κ2) is 5.68. The maximum atomic E-state index is 11.6. The van der Waals surface area contributed by atoms with Crippen molar-refractivity contribution < 1.29 is 4.79 Å². The van der Waals surface area contributed by atoms with Crippen molar-refractivity contribution in [1.82, 2.24) is 9.78 Å². The Morgan fingerprint density at radius 1 is 1.38 bits per heavy atom. The summed E-state index contributed by atoms with van der Waals surface area (Å²) in [5.41, 5.74) is 0. The van der Waals surface area contributed by atoms with E-state index in [1.165, 1.54) is 0 Å². The summed E-state index contributed by atoms with van der Waals surface area (Å²) in [5, 5.41) is 7.08. The van der Waals surface area contributed by atoms with Crippen molar-refractivity contribution in [3.63, 3.8) is 0 Å². The molecule has 1 aromatic rings. The highest BCUT2D eigenvalue weighted by atomic mass is 16.1. The van der Waals surface area contributed by atoms with Crippen molar-refractivity contribution in [2.24, 2.45) is 11.8 Å². The molecule has 4 nitrogen and oxygen atoms in total. The molecular weight excluding hydrogens is 202 g/mol. The van der Waals surface area contributed by atoms with Gasteiger partial charge in [0, 0.05) is 19.0 Å². The number of nitrogens with zero attached hydrogens (tertiary/aromatic N) is 2. The lowest BCUT2D eigenvalue weighted by Gasteiger charge is -2.11. The molecule has 1 amide bonds. The van der Waals surface area contributed by atoms with Gasteiger partial charge in [-0.3, -0.25) is 4.79 Å². The summed E-state index contributed by atoms with van der Waals surface area (Å²) in [6, 6.07) is 1.83. The number of rotatable bonds is 5. The number of carbonyl (C=O) groups excluding carboxylic acids is 1. The Bertz CT molecular complexity index is 342. The Morgan fingerprint density at radius 2 is 2.06 bits per heavy atom. The van der Waals surface area contributed by atoms with Gasteiger partial charge in [0.1, 0.15) is 5.82 Å². The molecule has 0 unspecified atom stereocenters. The molecule has 0 radical (unpaired) electrons. The molecule has 0 spiro atoms. The first-order valence-electron chi connectivity index (χ1n) is 5.80. The van der Waals surface area contributed by atoms with Gasteiger partial charge in [0.05, 0.1) is 6.20 Å². The summed E-state index contributed by atoms with van der Waals surface area (Å²) in [5.74, 6) is 1.74. The van der Waals surface area contributed by atoms with Crippen LogP contribution in [-0.2, 0) is 11.3 Å². The SMILES string of the molecule is CC(C)CC(=O)Nc1ccnn1CC(C)C. The maximum Gasteiger partial charge on any atom is 0.225 e. The molecule has 0 saturated carbocycles. The van der Waals surface area contributed by atoms with Crippen LogP contribution in [0.3, 0.4) is 0 Å². The Balaban J connectivity index is 2.59. The zero-order chi connectivity index (χ0) is 12.1. The molecule has 16 heavy (non-hydrogen) atoms. The molecule has 90 valence electrons. The smallest absolute Gasteiger partial charge is 0.225 e. The van der Waals surface area contributed by atoms with E-state index < -0.39 is 0 Å². The van der Waals surface area contributed by atoms with E-state index in [2.05, 4.69) is 24.3 Å². The minimum atomic E-state index is 0.0560. The lowest BCUT2D eigenvalue weighted by atomic mass is 10.1. The van der Waals surface area contributed by atoms with Crippen LogP contribution in [0.4, 0.5) is 5.82 Å². The minimum Gasteiger partial charge on any atom is -0.311 e. The van der Waals surface area contributed by atoms with Gasteiger partial charge in [0.25, 0.3) is 0 Å². The third-order valence-electron chi connectivity index (χ3n) is 2.12. The summed E-state index contributed by atoms with van der Waals surface area (Å²) >= 11 is 0. The first-order valence-corrected chi connectivity index (χ1v) is 5.80. The van der Waals surface area contributed by atoms with Crippen LogP contribution in [0, 0.1) is 11.8 Å². The van der Waals surface area contributed by atoms with E-state index in [9.17, 15) is 4.79 Å². The monoisotopic (exact) mass is 223 g/mol. The molecule has 0 aliphatic heterocycles.